The van der Waals surface area contributed by atoms with Crippen LogP contribution in [0.2, 0.25) is 0 Å². The molecule has 0 unspecified atom stereocenters. The number of halogens is 3. The van der Waals surface area contributed by atoms with E-state index in [1.54, 1.807) is 0 Å². The summed E-state index contributed by atoms with van der Waals surface area (Å²) in [5.74, 6) is 0. The van der Waals surface area contributed by atoms with Gasteiger partial charge < -0.3 is 5.32 Å². The number of rotatable bonds is 11. The molecule has 0 aromatic heterocycles. The molecule has 0 aromatic rings. The average molecular weight is 253 g/mol. The van der Waals surface area contributed by atoms with E-state index in [2.05, 4.69) is 12.2 Å². The van der Waals surface area contributed by atoms with Crippen LogP contribution in [0.4, 0.5) is 13.2 Å². The van der Waals surface area contributed by atoms with Gasteiger partial charge in [-0.25, -0.2) is 0 Å². The molecule has 104 valence electrons. The van der Waals surface area contributed by atoms with Gasteiger partial charge in [-0.05, 0) is 25.9 Å². The Kier molecular flexibility index (Phi) is 10.7. The maximum absolute atomic E-state index is 11.8. The zero-order valence-corrected chi connectivity index (χ0v) is 10.9. The van der Waals surface area contributed by atoms with E-state index >= 15 is 0 Å². The molecule has 1 N–H and O–H groups in total. The summed E-state index contributed by atoms with van der Waals surface area (Å²) in [5.41, 5.74) is 0. The van der Waals surface area contributed by atoms with Crippen molar-refractivity contribution in [3.05, 3.63) is 0 Å². The zero-order chi connectivity index (χ0) is 13.0. The Bertz CT molecular complexity index is 157. The van der Waals surface area contributed by atoms with Gasteiger partial charge in [0, 0.05) is 6.42 Å². The highest BCUT2D eigenvalue weighted by Gasteiger charge is 2.25. The van der Waals surface area contributed by atoms with Crippen LogP contribution < -0.4 is 5.32 Å². The topological polar surface area (TPSA) is 12.0 Å². The molecule has 0 bridgehead atoms. The van der Waals surface area contributed by atoms with E-state index < -0.39 is 12.6 Å². The fourth-order valence-corrected chi connectivity index (χ4v) is 1.75. The highest BCUT2D eigenvalue weighted by atomic mass is 19.4. The molecule has 0 radical (unpaired) electrons. The summed E-state index contributed by atoms with van der Waals surface area (Å²) in [4.78, 5) is 0. The minimum Gasteiger partial charge on any atom is -0.317 e. The van der Waals surface area contributed by atoms with E-state index in [-0.39, 0.29) is 6.42 Å². The fourth-order valence-electron chi connectivity index (χ4n) is 1.75. The van der Waals surface area contributed by atoms with Crippen LogP contribution in [0.15, 0.2) is 0 Å². The van der Waals surface area contributed by atoms with Gasteiger partial charge in [-0.3, -0.25) is 0 Å². The van der Waals surface area contributed by atoms with Crippen molar-refractivity contribution in [2.45, 2.75) is 70.9 Å². The van der Waals surface area contributed by atoms with Crippen LogP contribution in [-0.4, -0.2) is 19.3 Å². The molecule has 0 rings (SSSR count). The number of alkyl halides is 3. The quantitative estimate of drug-likeness (QED) is 0.528. The smallest absolute Gasteiger partial charge is 0.317 e. The molecule has 17 heavy (non-hydrogen) atoms. The minimum atomic E-state index is -4.00. The standard InChI is InChI=1S/C13H26F3N/c1-2-3-4-5-6-7-8-11-17-12-9-10-13(14,15)16/h17H,2-12H2,1H3. The Morgan fingerprint density at radius 3 is 1.88 bits per heavy atom. The Morgan fingerprint density at radius 2 is 1.29 bits per heavy atom. The molecule has 0 atom stereocenters. The lowest BCUT2D eigenvalue weighted by atomic mass is 10.1. The summed E-state index contributed by atoms with van der Waals surface area (Å²) in [7, 11) is 0. The van der Waals surface area contributed by atoms with Crippen molar-refractivity contribution in [3.63, 3.8) is 0 Å². The maximum Gasteiger partial charge on any atom is 0.389 e. The molecule has 0 saturated carbocycles. The Hall–Kier alpha value is -0.250. The molecule has 0 aliphatic heterocycles. The molecule has 0 fully saturated rings. The van der Waals surface area contributed by atoms with E-state index in [1.807, 2.05) is 0 Å². The number of nitrogens with one attached hydrogen (secondary N) is 1. The van der Waals surface area contributed by atoms with Crippen molar-refractivity contribution >= 4 is 0 Å². The van der Waals surface area contributed by atoms with Gasteiger partial charge in [0.2, 0.25) is 0 Å². The normalized spacial score (nSPS) is 12.0. The predicted molar refractivity (Wildman–Crippen MR) is 66.2 cm³/mol. The van der Waals surface area contributed by atoms with E-state index in [0.29, 0.717) is 6.54 Å². The van der Waals surface area contributed by atoms with Crippen LogP contribution in [0.5, 0.6) is 0 Å². The van der Waals surface area contributed by atoms with E-state index in [0.717, 1.165) is 13.0 Å². The minimum absolute atomic E-state index is 0.194. The summed E-state index contributed by atoms with van der Waals surface area (Å²) < 4.78 is 35.4. The van der Waals surface area contributed by atoms with Crippen LogP contribution in [0, 0.1) is 0 Å². The Morgan fingerprint density at radius 1 is 0.765 bits per heavy atom. The van der Waals surface area contributed by atoms with E-state index in [9.17, 15) is 13.2 Å². The third-order valence-corrected chi connectivity index (χ3v) is 2.77. The van der Waals surface area contributed by atoms with E-state index in [1.165, 1.54) is 38.5 Å². The largest absolute Gasteiger partial charge is 0.389 e. The highest BCUT2D eigenvalue weighted by molar-refractivity contribution is 4.54. The first-order chi connectivity index (χ1) is 8.06. The third-order valence-electron chi connectivity index (χ3n) is 2.77. The SMILES string of the molecule is CCCCCCCCCNCCCC(F)(F)F. The molecule has 0 saturated heterocycles. The molecule has 1 nitrogen and oxygen atoms in total. The lowest BCUT2D eigenvalue weighted by Gasteiger charge is -2.07. The van der Waals surface area contributed by atoms with Gasteiger partial charge in [0.1, 0.15) is 0 Å². The van der Waals surface area contributed by atoms with Crippen LogP contribution in [0.1, 0.15) is 64.7 Å². The van der Waals surface area contributed by atoms with Gasteiger partial charge in [0.25, 0.3) is 0 Å². The zero-order valence-electron chi connectivity index (χ0n) is 10.9. The second-order valence-electron chi connectivity index (χ2n) is 4.59. The first kappa shape index (κ1) is 16.8. The van der Waals surface area contributed by atoms with Gasteiger partial charge in [-0.1, -0.05) is 45.4 Å². The summed E-state index contributed by atoms with van der Waals surface area (Å²) in [6, 6.07) is 0. The summed E-state index contributed by atoms with van der Waals surface area (Å²) in [6.45, 7) is 3.53. The lowest BCUT2D eigenvalue weighted by Crippen LogP contribution is -2.19. The first-order valence-corrected chi connectivity index (χ1v) is 6.83. The second kappa shape index (κ2) is 10.9. The molecule has 0 spiro atoms. The average Bonchev–Trinajstić information content (AvgIpc) is 2.24. The molecule has 0 heterocycles. The van der Waals surface area contributed by atoms with Gasteiger partial charge in [-0.15, -0.1) is 0 Å². The molecule has 4 heteroatoms. The van der Waals surface area contributed by atoms with Crippen LogP contribution >= 0.6 is 0 Å². The van der Waals surface area contributed by atoms with Crippen molar-refractivity contribution in [3.8, 4) is 0 Å². The Labute approximate surface area is 103 Å². The van der Waals surface area contributed by atoms with Crippen molar-refractivity contribution < 1.29 is 13.2 Å². The molecule has 0 aliphatic carbocycles. The summed E-state index contributed by atoms with van der Waals surface area (Å²) in [6.07, 6.45) is 4.24. The predicted octanol–water partition coefficient (Wildman–Crippen LogP) is 4.67. The fraction of sp³-hybridized carbons (Fsp3) is 1.00. The highest BCUT2D eigenvalue weighted by Crippen LogP contribution is 2.20. The summed E-state index contributed by atoms with van der Waals surface area (Å²) in [5, 5.41) is 3.06. The van der Waals surface area contributed by atoms with Crippen molar-refractivity contribution in [1.29, 1.82) is 0 Å². The van der Waals surface area contributed by atoms with Gasteiger partial charge in [-0.2, -0.15) is 13.2 Å². The lowest BCUT2D eigenvalue weighted by molar-refractivity contribution is -0.135. The van der Waals surface area contributed by atoms with Crippen LogP contribution in [0.25, 0.3) is 0 Å². The van der Waals surface area contributed by atoms with E-state index in [4.69, 9.17) is 0 Å². The number of hydrogen-bond acceptors (Lipinski definition) is 1. The number of unbranched alkanes of at least 4 members (excludes halogenated alkanes) is 6. The first-order valence-electron chi connectivity index (χ1n) is 6.83. The molecule has 0 aliphatic rings. The molecule has 0 aromatic carbocycles. The molecular weight excluding hydrogens is 227 g/mol. The van der Waals surface area contributed by atoms with Crippen molar-refractivity contribution in [2.75, 3.05) is 13.1 Å². The van der Waals surface area contributed by atoms with Crippen LogP contribution in [0.3, 0.4) is 0 Å². The maximum atomic E-state index is 11.8. The number of hydrogen-bond donors (Lipinski definition) is 1. The van der Waals surface area contributed by atoms with Crippen molar-refractivity contribution in [2.24, 2.45) is 0 Å². The van der Waals surface area contributed by atoms with Gasteiger partial charge in [0.15, 0.2) is 0 Å². The van der Waals surface area contributed by atoms with Gasteiger partial charge >= 0.3 is 6.18 Å². The van der Waals surface area contributed by atoms with Crippen LogP contribution in [-0.2, 0) is 0 Å². The van der Waals surface area contributed by atoms with Gasteiger partial charge in [0.05, 0.1) is 0 Å². The molecular formula is C13H26F3N. The van der Waals surface area contributed by atoms with Crippen molar-refractivity contribution in [1.82, 2.24) is 5.32 Å². The third kappa shape index (κ3) is 15.8. The summed E-state index contributed by atoms with van der Waals surface area (Å²) >= 11 is 0. The Balaban J connectivity index is 2.99. The molecule has 0 amide bonds. The second-order valence-corrected chi connectivity index (χ2v) is 4.59. The monoisotopic (exact) mass is 253 g/mol.